The van der Waals surface area contributed by atoms with Crippen molar-refractivity contribution in [2.75, 3.05) is 25.0 Å². The zero-order valence-electron chi connectivity index (χ0n) is 10.8. The molecule has 4 nitrogen and oxygen atoms in total. The first-order valence-electron chi connectivity index (χ1n) is 6.46. The predicted molar refractivity (Wildman–Crippen MR) is 74.8 cm³/mol. The molecule has 1 aliphatic rings. The average Bonchev–Trinajstić information content (AvgIpc) is 2.42. The highest BCUT2D eigenvalue weighted by Crippen LogP contribution is 2.14. The third-order valence-electron chi connectivity index (χ3n) is 3.14. The molecule has 0 radical (unpaired) electrons. The number of terminal acetylenes is 1. The summed E-state index contributed by atoms with van der Waals surface area (Å²) in [5.41, 5.74) is 0.747. The molecule has 1 saturated heterocycles. The van der Waals surface area contributed by atoms with Gasteiger partial charge in [0.1, 0.15) is 6.10 Å². The van der Waals surface area contributed by atoms with E-state index < -0.39 is 0 Å². The van der Waals surface area contributed by atoms with Gasteiger partial charge in [-0.05, 0) is 25.0 Å². The van der Waals surface area contributed by atoms with E-state index in [-0.39, 0.29) is 12.2 Å². The van der Waals surface area contributed by atoms with Gasteiger partial charge in [0.2, 0.25) is 0 Å². The van der Waals surface area contributed by atoms with Crippen LogP contribution in [0.3, 0.4) is 0 Å². The summed E-state index contributed by atoms with van der Waals surface area (Å²) in [4.78, 5) is 13.9. The highest BCUT2D eigenvalue weighted by Gasteiger charge is 2.21. The van der Waals surface area contributed by atoms with Crippen LogP contribution in [0.5, 0.6) is 0 Å². The molecule has 0 spiro atoms. The number of amides is 1. The number of benzene rings is 1. The zero-order chi connectivity index (χ0) is 13.5. The lowest BCUT2D eigenvalue weighted by molar-refractivity contribution is 0.0629. The third-order valence-corrected chi connectivity index (χ3v) is 3.14. The highest BCUT2D eigenvalue weighted by molar-refractivity contribution is 5.84. The minimum atomic E-state index is -0.387. The van der Waals surface area contributed by atoms with E-state index in [9.17, 15) is 4.79 Å². The van der Waals surface area contributed by atoms with Crippen molar-refractivity contribution < 1.29 is 9.53 Å². The second-order valence-electron chi connectivity index (χ2n) is 4.58. The Labute approximate surface area is 113 Å². The number of rotatable bonds is 3. The molecular weight excluding hydrogens is 240 g/mol. The number of nitrogens with one attached hydrogen (secondary N) is 1. The van der Waals surface area contributed by atoms with Crippen LogP contribution in [0, 0.1) is 12.3 Å². The third kappa shape index (κ3) is 4.31. The Bertz CT molecular complexity index is 445. The van der Waals surface area contributed by atoms with Gasteiger partial charge >= 0.3 is 6.09 Å². The van der Waals surface area contributed by atoms with Gasteiger partial charge in [0.15, 0.2) is 0 Å². The normalized spacial score (nSPS) is 16.6. The molecule has 0 unspecified atom stereocenters. The number of para-hydroxylation sites is 1. The number of piperidine rings is 1. The molecule has 100 valence electrons. The minimum Gasteiger partial charge on any atom is -0.446 e. The second kappa shape index (κ2) is 6.81. The van der Waals surface area contributed by atoms with Crippen molar-refractivity contribution in [2.45, 2.75) is 18.9 Å². The molecule has 2 rings (SSSR count). The first kappa shape index (κ1) is 13.4. The molecule has 4 heteroatoms. The topological polar surface area (TPSA) is 41.6 Å². The zero-order valence-corrected chi connectivity index (χ0v) is 10.8. The van der Waals surface area contributed by atoms with Gasteiger partial charge in [-0.1, -0.05) is 24.1 Å². The Kier molecular flexibility index (Phi) is 4.82. The molecule has 0 atom stereocenters. The second-order valence-corrected chi connectivity index (χ2v) is 4.58. The monoisotopic (exact) mass is 258 g/mol. The van der Waals surface area contributed by atoms with Crippen LogP contribution in [0.15, 0.2) is 30.3 Å². The molecular formula is C15H18N2O2. The molecule has 19 heavy (non-hydrogen) atoms. The van der Waals surface area contributed by atoms with Crippen LogP contribution in [0.4, 0.5) is 10.5 Å². The number of ether oxygens (including phenoxy) is 1. The maximum atomic E-state index is 11.7. The Morgan fingerprint density at radius 3 is 2.68 bits per heavy atom. The van der Waals surface area contributed by atoms with E-state index in [4.69, 9.17) is 11.2 Å². The van der Waals surface area contributed by atoms with Crippen molar-refractivity contribution in [3.63, 3.8) is 0 Å². The molecule has 0 aliphatic carbocycles. The Morgan fingerprint density at radius 2 is 2.05 bits per heavy atom. The van der Waals surface area contributed by atoms with Crippen LogP contribution in [-0.2, 0) is 4.74 Å². The Hall–Kier alpha value is -1.99. The summed E-state index contributed by atoms with van der Waals surface area (Å²) in [7, 11) is 0. The maximum absolute atomic E-state index is 11.7. The molecule has 1 heterocycles. The lowest BCUT2D eigenvalue weighted by Gasteiger charge is -2.30. The summed E-state index contributed by atoms with van der Waals surface area (Å²) >= 11 is 0. The SMILES string of the molecule is C#CCN1CCC(OC(=O)Nc2ccccc2)CC1. The smallest absolute Gasteiger partial charge is 0.411 e. The van der Waals surface area contributed by atoms with E-state index in [0.29, 0.717) is 6.54 Å². The highest BCUT2D eigenvalue weighted by atomic mass is 16.6. The van der Waals surface area contributed by atoms with E-state index in [0.717, 1.165) is 31.6 Å². The quantitative estimate of drug-likeness (QED) is 0.846. The van der Waals surface area contributed by atoms with Crippen molar-refractivity contribution in [2.24, 2.45) is 0 Å². The molecule has 1 fully saturated rings. The summed E-state index contributed by atoms with van der Waals surface area (Å²) in [6.07, 6.45) is 6.54. The van der Waals surface area contributed by atoms with E-state index in [1.807, 2.05) is 30.3 Å². The molecule has 1 aromatic rings. The first-order chi connectivity index (χ1) is 9.28. The fraction of sp³-hybridized carbons (Fsp3) is 0.400. The molecule has 1 N–H and O–H groups in total. The van der Waals surface area contributed by atoms with Crippen LogP contribution in [0.2, 0.25) is 0 Å². The van der Waals surface area contributed by atoms with Crippen LogP contribution < -0.4 is 5.32 Å². The van der Waals surface area contributed by atoms with E-state index in [1.54, 1.807) is 0 Å². The van der Waals surface area contributed by atoms with Gasteiger partial charge in [0.05, 0.1) is 6.54 Å². The standard InChI is InChI=1S/C15H18N2O2/c1-2-10-17-11-8-14(9-12-17)19-15(18)16-13-6-4-3-5-7-13/h1,3-7,14H,8-12H2,(H,16,18). The fourth-order valence-corrected chi connectivity index (χ4v) is 2.13. The van der Waals surface area contributed by atoms with Crippen molar-refractivity contribution in [1.29, 1.82) is 0 Å². The molecule has 1 aromatic carbocycles. The number of hydrogen-bond donors (Lipinski definition) is 1. The van der Waals surface area contributed by atoms with Gasteiger partial charge in [0, 0.05) is 18.8 Å². The Morgan fingerprint density at radius 1 is 1.37 bits per heavy atom. The molecule has 1 aliphatic heterocycles. The molecule has 0 aromatic heterocycles. The fourth-order valence-electron chi connectivity index (χ4n) is 2.13. The van der Waals surface area contributed by atoms with Crippen molar-refractivity contribution in [3.8, 4) is 12.3 Å². The number of carbonyl (C=O) groups excluding carboxylic acids is 1. The lowest BCUT2D eigenvalue weighted by atomic mass is 10.1. The van der Waals surface area contributed by atoms with Gasteiger partial charge < -0.3 is 4.74 Å². The summed E-state index contributed by atoms with van der Waals surface area (Å²) in [6, 6.07) is 9.30. The van der Waals surface area contributed by atoms with Gasteiger partial charge in [-0.3, -0.25) is 10.2 Å². The number of carbonyl (C=O) groups is 1. The Balaban J connectivity index is 1.74. The van der Waals surface area contributed by atoms with Crippen molar-refractivity contribution in [1.82, 2.24) is 4.90 Å². The van der Waals surface area contributed by atoms with Crippen LogP contribution in [0.25, 0.3) is 0 Å². The summed E-state index contributed by atoms with van der Waals surface area (Å²) in [5.74, 6) is 2.63. The number of likely N-dealkylation sites (tertiary alicyclic amines) is 1. The van der Waals surface area contributed by atoms with Crippen LogP contribution in [0.1, 0.15) is 12.8 Å². The number of hydrogen-bond acceptors (Lipinski definition) is 3. The maximum Gasteiger partial charge on any atom is 0.411 e. The van der Waals surface area contributed by atoms with Crippen LogP contribution in [-0.4, -0.2) is 36.7 Å². The van der Waals surface area contributed by atoms with E-state index in [2.05, 4.69) is 16.1 Å². The van der Waals surface area contributed by atoms with E-state index >= 15 is 0 Å². The summed E-state index contributed by atoms with van der Waals surface area (Å²) < 4.78 is 5.39. The number of anilines is 1. The largest absolute Gasteiger partial charge is 0.446 e. The van der Waals surface area contributed by atoms with Gasteiger partial charge in [-0.25, -0.2) is 4.79 Å². The van der Waals surface area contributed by atoms with Gasteiger partial charge in [-0.2, -0.15) is 0 Å². The van der Waals surface area contributed by atoms with Crippen LogP contribution >= 0.6 is 0 Å². The predicted octanol–water partition coefficient (Wildman–Crippen LogP) is 2.33. The summed E-state index contributed by atoms with van der Waals surface area (Å²) in [6.45, 7) is 2.43. The minimum absolute atomic E-state index is 0.0160. The van der Waals surface area contributed by atoms with Gasteiger partial charge in [-0.15, -0.1) is 6.42 Å². The van der Waals surface area contributed by atoms with Crippen molar-refractivity contribution in [3.05, 3.63) is 30.3 Å². The molecule has 0 bridgehead atoms. The lowest BCUT2D eigenvalue weighted by Crippen LogP contribution is -2.38. The molecule has 1 amide bonds. The first-order valence-corrected chi connectivity index (χ1v) is 6.46. The van der Waals surface area contributed by atoms with Gasteiger partial charge in [0.25, 0.3) is 0 Å². The number of nitrogens with zero attached hydrogens (tertiary/aromatic N) is 1. The summed E-state index contributed by atoms with van der Waals surface area (Å²) in [5, 5.41) is 2.72. The van der Waals surface area contributed by atoms with Crippen molar-refractivity contribution >= 4 is 11.8 Å². The average molecular weight is 258 g/mol. The molecule has 0 saturated carbocycles. The van der Waals surface area contributed by atoms with E-state index in [1.165, 1.54) is 0 Å².